The Morgan fingerprint density at radius 1 is 1.33 bits per heavy atom. The fourth-order valence-electron chi connectivity index (χ4n) is 2.04. The van der Waals surface area contributed by atoms with Crippen LogP contribution in [-0.2, 0) is 21.2 Å². The Kier molecular flexibility index (Phi) is 4.72. The van der Waals surface area contributed by atoms with Crippen LogP contribution in [0.2, 0.25) is 0 Å². The monoisotopic (exact) mass is 314 g/mol. The van der Waals surface area contributed by atoms with Crippen molar-refractivity contribution in [2.75, 3.05) is 25.2 Å². The third-order valence-corrected chi connectivity index (χ3v) is 5.04. The first kappa shape index (κ1) is 15.6. The largest absolute Gasteiger partial charge is 0.497 e. The zero-order chi connectivity index (χ0) is 15.5. The maximum absolute atomic E-state index is 11.7. The summed E-state index contributed by atoms with van der Waals surface area (Å²) >= 11 is 0. The van der Waals surface area contributed by atoms with Gasteiger partial charge in [-0.1, -0.05) is 6.92 Å². The summed E-state index contributed by atoms with van der Waals surface area (Å²) in [4.78, 5) is 11.7. The summed E-state index contributed by atoms with van der Waals surface area (Å²) in [6.07, 6.45) is 0.372. The number of ether oxygens (including phenoxy) is 3. The number of cyclic esters (lactones) is 1. The topological polar surface area (TPSA) is 78.9 Å². The van der Waals surface area contributed by atoms with Crippen molar-refractivity contribution in [1.82, 2.24) is 0 Å². The van der Waals surface area contributed by atoms with Crippen LogP contribution in [0.25, 0.3) is 0 Å². The fraction of sp³-hybridized carbons (Fsp3) is 0.500. The molecule has 1 heterocycles. The number of carbonyl (C=O) groups is 1. The molecule has 0 N–H and O–H groups in total. The molecule has 0 aromatic heterocycles. The van der Waals surface area contributed by atoms with Crippen LogP contribution in [0.1, 0.15) is 29.3 Å². The number of sulfone groups is 1. The minimum absolute atomic E-state index is 0.0695. The zero-order valence-corrected chi connectivity index (χ0v) is 12.9. The van der Waals surface area contributed by atoms with E-state index in [1.54, 1.807) is 19.1 Å². The predicted octanol–water partition coefficient (Wildman–Crippen LogP) is 1.57. The second-order valence-electron chi connectivity index (χ2n) is 4.67. The van der Waals surface area contributed by atoms with Gasteiger partial charge in [-0.25, -0.2) is 13.2 Å². The number of benzene rings is 1. The first-order valence-electron chi connectivity index (χ1n) is 6.68. The Bertz CT molecular complexity index is 635. The molecule has 0 radical (unpaired) electrons. The lowest BCUT2D eigenvalue weighted by atomic mass is 10.1. The molecule has 0 saturated heterocycles. The molecule has 0 fully saturated rings. The summed E-state index contributed by atoms with van der Waals surface area (Å²) in [6, 6.07) is 3.34. The van der Waals surface area contributed by atoms with Crippen LogP contribution in [0.5, 0.6) is 11.5 Å². The van der Waals surface area contributed by atoms with Gasteiger partial charge in [0.2, 0.25) is 0 Å². The summed E-state index contributed by atoms with van der Waals surface area (Å²) in [6.45, 7) is 2.03. The van der Waals surface area contributed by atoms with E-state index in [1.807, 2.05) is 0 Å². The first-order valence-corrected chi connectivity index (χ1v) is 8.50. The van der Waals surface area contributed by atoms with Gasteiger partial charge >= 0.3 is 5.97 Å². The van der Waals surface area contributed by atoms with Crippen molar-refractivity contribution in [3.8, 4) is 11.5 Å². The summed E-state index contributed by atoms with van der Waals surface area (Å²) in [5.74, 6) is 0.710. The average Bonchev–Trinajstić information content (AvgIpc) is 2.85. The van der Waals surface area contributed by atoms with Crippen LogP contribution in [0.3, 0.4) is 0 Å². The highest BCUT2D eigenvalue weighted by molar-refractivity contribution is 7.91. The number of esters is 1. The highest BCUT2D eigenvalue weighted by Gasteiger charge is 2.27. The lowest BCUT2D eigenvalue weighted by molar-refractivity contribution is 0.0532. The molecule has 0 atom stereocenters. The van der Waals surface area contributed by atoms with E-state index in [4.69, 9.17) is 14.2 Å². The minimum atomic E-state index is -3.01. The summed E-state index contributed by atoms with van der Waals surface area (Å²) < 4.78 is 38.5. The standard InChI is InChI=1S/C14H18O6S/c1-3-21(16,17)6-4-5-19-12-8-11(18-2)7-10-9-20-14(15)13(10)12/h7-8H,3-6,9H2,1-2H3. The van der Waals surface area contributed by atoms with E-state index in [0.717, 1.165) is 5.56 Å². The maximum Gasteiger partial charge on any atom is 0.342 e. The summed E-state index contributed by atoms with van der Waals surface area (Å²) in [5.41, 5.74) is 1.12. The van der Waals surface area contributed by atoms with Crippen molar-refractivity contribution < 1.29 is 27.4 Å². The smallest absolute Gasteiger partial charge is 0.342 e. The second kappa shape index (κ2) is 6.34. The Labute approximate surface area is 123 Å². The molecular weight excluding hydrogens is 296 g/mol. The van der Waals surface area contributed by atoms with E-state index in [2.05, 4.69) is 0 Å². The summed E-state index contributed by atoms with van der Waals surface area (Å²) in [7, 11) is -1.48. The molecule has 1 aliphatic rings. The molecule has 0 spiro atoms. The molecule has 7 heteroatoms. The molecule has 0 saturated carbocycles. The van der Waals surface area contributed by atoms with Gasteiger partial charge in [-0.2, -0.15) is 0 Å². The highest BCUT2D eigenvalue weighted by atomic mass is 32.2. The van der Waals surface area contributed by atoms with Gasteiger partial charge in [0.25, 0.3) is 0 Å². The van der Waals surface area contributed by atoms with E-state index >= 15 is 0 Å². The van der Waals surface area contributed by atoms with E-state index in [0.29, 0.717) is 23.5 Å². The molecule has 0 unspecified atom stereocenters. The van der Waals surface area contributed by atoms with E-state index in [-0.39, 0.29) is 24.7 Å². The van der Waals surface area contributed by atoms with Crippen molar-refractivity contribution in [2.45, 2.75) is 20.0 Å². The van der Waals surface area contributed by atoms with Gasteiger partial charge in [0.1, 0.15) is 33.5 Å². The number of fused-ring (bicyclic) bond motifs is 1. The van der Waals surface area contributed by atoms with Crippen LogP contribution < -0.4 is 9.47 Å². The highest BCUT2D eigenvalue weighted by Crippen LogP contribution is 2.33. The van der Waals surface area contributed by atoms with Gasteiger partial charge in [0.05, 0.1) is 19.5 Å². The number of hydrogen-bond donors (Lipinski definition) is 0. The Balaban J connectivity index is 2.06. The van der Waals surface area contributed by atoms with Crippen LogP contribution in [0, 0.1) is 0 Å². The van der Waals surface area contributed by atoms with Gasteiger partial charge in [-0.3, -0.25) is 0 Å². The third-order valence-electron chi connectivity index (χ3n) is 3.25. The van der Waals surface area contributed by atoms with Gasteiger partial charge in [-0.05, 0) is 12.5 Å². The van der Waals surface area contributed by atoms with Crippen molar-refractivity contribution >= 4 is 15.8 Å². The van der Waals surface area contributed by atoms with Gasteiger partial charge < -0.3 is 14.2 Å². The van der Waals surface area contributed by atoms with Crippen molar-refractivity contribution in [3.63, 3.8) is 0 Å². The Morgan fingerprint density at radius 3 is 2.76 bits per heavy atom. The number of hydrogen-bond acceptors (Lipinski definition) is 6. The Morgan fingerprint density at radius 2 is 2.10 bits per heavy atom. The van der Waals surface area contributed by atoms with Crippen molar-refractivity contribution in [2.24, 2.45) is 0 Å². The molecule has 1 aromatic rings. The molecule has 0 aliphatic carbocycles. The second-order valence-corrected chi connectivity index (χ2v) is 7.15. The maximum atomic E-state index is 11.7. The van der Waals surface area contributed by atoms with Crippen LogP contribution in [0.4, 0.5) is 0 Å². The summed E-state index contributed by atoms with van der Waals surface area (Å²) in [5, 5.41) is 0. The quantitative estimate of drug-likeness (QED) is 0.561. The average molecular weight is 314 g/mol. The fourth-order valence-corrected chi connectivity index (χ4v) is 2.89. The van der Waals surface area contributed by atoms with Crippen LogP contribution >= 0.6 is 0 Å². The van der Waals surface area contributed by atoms with Gasteiger partial charge in [-0.15, -0.1) is 0 Å². The number of rotatable bonds is 7. The molecule has 0 amide bonds. The zero-order valence-electron chi connectivity index (χ0n) is 12.0. The molecule has 6 nitrogen and oxygen atoms in total. The lowest BCUT2D eigenvalue weighted by Crippen LogP contribution is -2.12. The number of methoxy groups -OCH3 is 1. The third kappa shape index (κ3) is 3.66. The van der Waals surface area contributed by atoms with Gasteiger partial charge in [0.15, 0.2) is 0 Å². The SMILES string of the molecule is CCS(=O)(=O)CCCOc1cc(OC)cc2c1C(=O)OC2. The molecule has 1 aliphatic heterocycles. The molecule has 21 heavy (non-hydrogen) atoms. The molecule has 1 aromatic carbocycles. The lowest BCUT2D eigenvalue weighted by Gasteiger charge is -2.11. The van der Waals surface area contributed by atoms with E-state index in [9.17, 15) is 13.2 Å². The van der Waals surface area contributed by atoms with E-state index in [1.165, 1.54) is 7.11 Å². The van der Waals surface area contributed by atoms with Crippen LogP contribution in [-0.4, -0.2) is 39.6 Å². The minimum Gasteiger partial charge on any atom is -0.497 e. The normalized spacial score (nSPS) is 13.7. The first-order chi connectivity index (χ1) is 9.96. The molecule has 2 rings (SSSR count). The van der Waals surface area contributed by atoms with E-state index < -0.39 is 15.8 Å². The molecular formula is C14H18O6S. The van der Waals surface area contributed by atoms with Gasteiger partial charge in [0, 0.05) is 17.4 Å². The van der Waals surface area contributed by atoms with Crippen molar-refractivity contribution in [1.29, 1.82) is 0 Å². The molecule has 0 bridgehead atoms. The number of carbonyl (C=O) groups excluding carboxylic acids is 1. The predicted molar refractivity (Wildman–Crippen MR) is 76.6 cm³/mol. The molecule has 116 valence electrons. The van der Waals surface area contributed by atoms with Crippen molar-refractivity contribution in [3.05, 3.63) is 23.3 Å². The Hall–Kier alpha value is -1.76. The van der Waals surface area contributed by atoms with Crippen LogP contribution in [0.15, 0.2) is 12.1 Å².